The molecule has 2 unspecified atom stereocenters. The number of amides is 1. The number of anilines is 1. The van der Waals surface area contributed by atoms with Crippen LogP contribution in [0.2, 0.25) is 0 Å². The van der Waals surface area contributed by atoms with E-state index in [1.165, 1.54) is 42.5 Å². The number of nitrogens with one attached hydrogen (secondary N) is 3. The molecular formula is C26H35N5O. The molecule has 2 aromatic carbocycles. The molecule has 2 aliphatic heterocycles. The zero-order valence-corrected chi connectivity index (χ0v) is 19.2. The van der Waals surface area contributed by atoms with Crippen molar-refractivity contribution >= 4 is 17.6 Å². The number of piperidine rings is 1. The molecule has 0 saturated carbocycles. The van der Waals surface area contributed by atoms with Gasteiger partial charge in [-0.1, -0.05) is 48.9 Å². The third kappa shape index (κ3) is 5.68. The van der Waals surface area contributed by atoms with Gasteiger partial charge in [-0.25, -0.2) is 0 Å². The van der Waals surface area contributed by atoms with Gasteiger partial charge in [0.2, 0.25) is 5.91 Å². The van der Waals surface area contributed by atoms with Crippen LogP contribution in [0.3, 0.4) is 0 Å². The van der Waals surface area contributed by atoms with E-state index in [9.17, 15) is 4.79 Å². The van der Waals surface area contributed by atoms with Crippen LogP contribution in [0, 0.1) is 0 Å². The molecule has 0 spiro atoms. The Bertz CT molecular complexity index is 939. The van der Waals surface area contributed by atoms with Gasteiger partial charge in [0.15, 0.2) is 5.96 Å². The van der Waals surface area contributed by atoms with Crippen molar-refractivity contribution in [3.05, 3.63) is 65.2 Å². The van der Waals surface area contributed by atoms with Gasteiger partial charge in [0.1, 0.15) is 0 Å². The van der Waals surface area contributed by atoms with Gasteiger partial charge in [0.25, 0.3) is 0 Å². The van der Waals surface area contributed by atoms with E-state index in [1.807, 2.05) is 18.2 Å². The predicted octanol–water partition coefficient (Wildman–Crippen LogP) is 3.85. The molecule has 170 valence electrons. The molecule has 1 fully saturated rings. The summed E-state index contributed by atoms with van der Waals surface area (Å²) in [6.07, 6.45) is 4.47. The fraction of sp³-hybridized carbons (Fsp3) is 0.462. The molecule has 0 aromatic heterocycles. The normalized spacial score (nSPS) is 21.6. The lowest BCUT2D eigenvalue weighted by Gasteiger charge is -2.33. The van der Waals surface area contributed by atoms with Gasteiger partial charge < -0.3 is 16.0 Å². The minimum absolute atomic E-state index is 0.0671. The number of hydrogen-bond acceptors (Lipinski definition) is 3. The van der Waals surface area contributed by atoms with E-state index in [0.29, 0.717) is 25.6 Å². The van der Waals surface area contributed by atoms with E-state index in [-0.39, 0.29) is 11.8 Å². The summed E-state index contributed by atoms with van der Waals surface area (Å²) >= 11 is 0. The summed E-state index contributed by atoms with van der Waals surface area (Å²) in [5.74, 6) is 0.951. The Morgan fingerprint density at radius 3 is 2.66 bits per heavy atom. The Morgan fingerprint density at radius 1 is 1.09 bits per heavy atom. The Labute approximate surface area is 191 Å². The highest BCUT2D eigenvalue weighted by Crippen LogP contribution is 2.31. The summed E-state index contributed by atoms with van der Waals surface area (Å²) in [6.45, 7) is 5.96. The molecule has 32 heavy (non-hydrogen) atoms. The summed E-state index contributed by atoms with van der Waals surface area (Å²) in [4.78, 5) is 19.0. The lowest BCUT2D eigenvalue weighted by molar-refractivity contribution is -0.116. The number of para-hydroxylation sites is 1. The molecule has 0 radical (unpaired) electrons. The van der Waals surface area contributed by atoms with Crippen molar-refractivity contribution in [3.63, 3.8) is 0 Å². The maximum absolute atomic E-state index is 12.0. The number of nitrogens with zero attached hydrogens (tertiary/aromatic N) is 2. The summed E-state index contributed by atoms with van der Waals surface area (Å²) in [5, 5.41) is 9.74. The molecule has 2 atom stereocenters. The molecule has 6 nitrogen and oxygen atoms in total. The summed E-state index contributed by atoms with van der Waals surface area (Å²) in [5.41, 5.74) is 4.69. The molecule has 2 aliphatic rings. The summed E-state index contributed by atoms with van der Waals surface area (Å²) in [7, 11) is 1.78. The average molecular weight is 434 g/mol. The molecule has 6 heteroatoms. The van der Waals surface area contributed by atoms with Crippen LogP contribution in [-0.2, 0) is 17.9 Å². The summed E-state index contributed by atoms with van der Waals surface area (Å²) in [6, 6.07) is 17.6. The number of carbonyl (C=O) groups excluding carboxylic acids is 1. The number of hydrogen-bond donors (Lipinski definition) is 3. The fourth-order valence-electron chi connectivity index (χ4n) is 4.70. The third-order valence-electron chi connectivity index (χ3n) is 6.66. The molecule has 1 saturated heterocycles. The van der Waals surface area contributed by atoms with E-state index in [4.69, 9.17) is 0 Å². The second-order valence-electron chi connectivity index (χ2n) is 8.97. The minimum Gasteiger partial charge on any atom is -0.356 e. The van der Waals surface area contributed by atoms with Crippen LogP contribution in [0.5, 0.6) is 0 Å². The molecule has 3 N–H and O–H groups in total. The van der Waals surface area contributed by atoms with Gasteiger partial charge in [-0.05, 0) is 49.1 Å². The van der Waals surface area contributed by atoms with Crippen molar-refractivity contribution in [1.82, 2.24) is 15.5 Å². The molecule has 2 aromatic rings. The topological polar surface area (TPSA) is 68.8 Å². The fourth-order valence-corrected chi connectivity index (χ4v) is 4.70. The first-order chi connectivity index (χ1) is 15.6. The van der Waals surface area contributed by atoms with Gasteiger partial charge in [-0.15, -0.1) is 0 Å². The third-order valence-corrected chi connectivity index (χ3v) is 6.66. The molecular weight excluding hydrogens is 398 g/mol. The lowest BCUT2D eigenvalue weighted by atomic mass is 9.90. The van der Waals surface area contributed by atoms with E-state index in [1.54, 1.807) is 7.05 Å². The van der Waals surface area contributed by atoms with Crippen molar-refractivity contribution in [2.45, 2.75) is 57.7 Å². The Kier molecular flexibility index (Phi) is 7.43. The monoisotopic (exact) mass is 433 g/mol. The quantitative estimate of drug-likeness (QED) is 0.478. The SMILES string of the molecule is CN=C(NCc1ccc(CN2CCCCC2C)cc1)NCC1CC(=O)Nc2ccccc21. The standard InChI is InChI=1S/C26H35N5O/c1-19-7-5-6-14-31(19)18-21-12-10-20(11-13-21)16-28-26(27-2)29-17-22-15-25(32)30-24-9-4-3-8-23(22)24/h3-4,8-13,19,22H,5-7,14-18H2,1-2H3,(H,30,32)(H2,27,28,29). The largest absolute Gasteiger partial charge is 0.356 e. The highest BCUT2D eigenvalue weighted by molar-refractivity contribution is 5.94. The number of benzene rings is 2. The van der Waals surface area contributed by atoms with Gasteiger partial charge >= 0.3 is 0 Å². The lowest BCUT2D eigenvalue weighted by Crippen LogP contribution is -2.40. The van der Waals surface area contributed by atoms with Crippen LogP contribution < -0.4 is 16.0 Å². The Hall–Kier alpha value is -2.86. The van der Waals surface area contributed by atoms with E-state index in [2.05, 4.69) is 63.1 Å². The van der Waals surface area contributed by atoms with Crippen molar-refractivity contribution < 1.29 is 4.79 Å². The Balaban J connectivity index is 1.27. The van der Waals surface area contributed by atoms with Crippen molar-refractivity contribution in [2.75, 3.05) is 25.5 Å². The average Bonchev–Trinajstić information content (AvgIpc) is 2.81. The maximum atomic E-state index is 12.0. The van der Waals surface area contributed by atoms with E-state index in [0.717, 1.165) is 18.2 Å². The zero-order valence-electron chi connectivity index (χ0n) is 19.2. The van der Waals surface area contributed by atoms with E-state index >= 15 is 0 Å². The van der Waals surface area contributed by atoms with Crippen molar-refractivity contribution in [1.29, 1.82) is 0 Å². The second kappa shape index (κ2) is 10.6. The van der Waals surface area contributed by atoms with Crippen molar-refractivity contribution in [2.24, 2.45) is 4.99 Å². The van der Waals surface area contributed by atoms with Crippen LogP contribution in [0.1, 0.15) is 55.2 Å². The molecule has 1 amide bonds. The number of likely N-dealkylation sites (tertiary alicyclic amines) is 1. The van der Waals surface area contributed by atoms with Gasteiger partial charge in [-0.2, -0.15) is 0 Å². The van der Waals surface area contributed by atoms with Gasteiger partial charge in [0.05, 0.1) is 0 Å². The first-order valence-electron chi connectivity index (χ1n) is 11.8. The maximum Gasteiger partial charge on any atom is 0.225 e. The first-order valence-corrected chi connectivity index (χ1v) is 11.8. The molecule has 0 aliphatic carbocycles. The first kappa shape index (κ1) is 22.3. The number of rotatable bonds is 6. The van der Waals surface area contributed by atoms with Gasteiger partial charge in [0, 0.05) is 50.7 Å². The van der Waals surface area contributed by atoms with Gasteiger partial charge in [-0.3, -0.25) is 14.7 Å². The number of carbonyl (C=O) groups is 1. The number of guanidine groups is 1. The number of aliphatic imine (C=N–C) groups is 1. The van der Waals surface area contributed by atoms with Crippen LogP contribution >= 0.6 is 0 Å². The highest BCUT2D eigenvalue weighted by atomic mass is 16.1. The Morgan fingerprint density at radius 2 is 1.88 bits per heavy atom. The van der Waals surface area contributed by atoms with Crippen LogP contribution in [0.15, 0.2) is 53.5 Å². The molecule has 2 heterocycles. The zero-order chi connectivity index (χ0) is 22.3. The molecule has 0 bridgehead atoms. The smallest absolute Gasteiger partial charge is 0.225 e. The highest BCUT2D eigenvalue weighted by Gasteiger charge is 2.24. The van der Waals surface area contributed by atoms with Crippen LogP contribution in [0.25, 0.3) is 0 Å². The van der Waals surface area contributed by atoms with E-state index < -0.39 is 0 Å². The number of fused-ring (bicyclic) bond motifs is 1. The molecule has 4 rings (SSSR count). The summed E-state index contributed by atoms with van der Waals surface area (Å²) < 4.78 is 0. The van der Waals surface area contributed by atoms with Crippen LogP contribution in [0.4, 0.5) is 5.69 Å². The predicted molar refractivity (Wildman–Crippen MR) is 131 cm³/mol. The minimum atomic E-state index is 0.0671. The van der Waals surface area contributed by atoms with Crippen LogP contribution in [-0.4, -0.2) is 42.9 Å². The second-order valence-corrected chi connectivity index (χ2v) is 8.97. The van der Waals surface area contributed by atoms with Crippen molar-refractivity contribution in [3.8, 4) is 0 Å².